The van der Waals surface area contributed by atoms with Gasteiger partial charge >= 0.3 is 0 Å². The number of nitrogens with one attached hydrogen (secondary N) is 1. The van der Waals surface area contributed by atoms with Crippen molar-refractivity contribution in [2.75, 3.05) is 44.2 Å². The van der Waals surface area contributed by atoms with Crippen LogP contribution in [0, 0.1) is 17.1 Å². The summed E-state index contributed by atoms with van der Waals surface area (Å²) >= 11 is 0. The van der Waals surface area contributed by atoms with E-state index >= 15 is 0 Å². The molecule has 0 saturated carbocycles. The van der Waals surface area contributed by atoms with Gasteiger partial charge in [0.1, 0.15) is 5.82 Å². The molecule has 3 rings (SSSR count). The first-order valence-electron chi connectivity index (χ1n) is 9.33. The lowest BCUT2D eigenvalue weighted by Crippen LogP contribution is -2.48. The summed E-state index contributed by atoms with van der Waals surface area (Å²) in [5.41, 5.74) is 2.52. The molecule has 5 nitrogen and oxygen atoms in total. The maximum absolute atomic E-state index is 13.0. The highest BCUT2D eigenvalue weighted by molar-refractivity contribution is 5.91. The fourth-order valence-electron chi connectivity index (χ4n) is 3.12. The number of anilines is 1. The van der Waals surface area contributed by atoms with Crippen molar-refractivity contribution in [2.45, 2.75) is 0 Å². The molecule has 1 heterocycles. The van der Waals surface area contributed by atoms with Crippen molar-refractivity contribution in [1.82, 2.24) is 10.2 Å². The van der Waals surface area contributed by atoms with Crippen molar-refractivity contribution >= 4 is 17.7 Å². The zero-order chi connectivity index (χ0) is 19.8. The van der Waals surface area contributed by atoms with Crippen molar-refractivity contribution in [3.8, 4) is 6.07 Å². The number of halogens is 1. The summed E-state index contributed by atoms with van der Waals surface area (Å²) in [7, 11) is 0. The molecule has 1 saturated heterocycles. The van der Waals surface area contributed by atoms with Crippen molar-refractivity contribution in [1.29, 1.82) is 5.26 Å². The third kappa shape index (κ3) is 5.66. The Morgan fingerprint density at radius 3 is 2.39 bits per heavy atom. The minimum Gasteiger partial charge on any atom is -0.369 e. The number of piperazine rings is 1. The van der Waals surface area contributed by atoms with E-state index in [0.29, 0.717) is 12.1 Å². The van der Waals surface area contributed by atoms with Crippen LogP contribution in [0.15, 0.2) is 54.6 Å². The maximum atomic E-state index is 13.0. The molecule has 0 spiro atoms. The fourth-order valence-corrected chi connectivity index (χ4v) is 3.12. The van der Waals surface area contributed by atoms with Crippen LogP contribution in [0.2, 0.25) is 0 Å². The molecule has 2 aromatic rings. The highest BCUT2D eigenvalue weighted by Gasteiger charge is 2.16. The summed E-state index contributed by atoms with van der Waals surface area (Å²) in [4.78, 5) is 16.5. The molecule has 0 aromatic heterocycles. The second kappa shape index (κ2) is 9.67. The molecule has 1 aliphatic heterocycles. The van der Waals surface area contributed by atoms with Gasteiger partial charge in [-0.3, -0.25) is 9.69 Å². The first-order chi connectivity index (χ1) is 13.6. The van der Waals surface area contributed by atoms with Gasteiger partial charge in [-0.15, -0.1) is 0 Å². The van der Waals surface area contributed by atoms with Crippen LogP contribution in [-0.2, 0) is 4.79 Å². The molecular formula is C22H23FN4O. The van der Waals surface area contributed by atoms with Gasteiger partial charge in [0.2, 0.25) is 5.91 Å². The van der Waals surface area contributed by atoms with Crippen LogP contribution in [0.3, 0.4) is 0 Å². The number of hydrogen-bond donors (Lipinski definition) is 1. The molecular weight excluding hydrogens is 355 g/mol. The number of rotatable bonds is 6. The van der Waals surface area contributed by atoms with E-state index in [-0.39, 0.29) is 11.7 Å². The molecule has 2 aromatic carbocycles. The van der Waals surface area contributed by atoms with E-state index in [0.717, 1.165) is 44.0 Å². The summed E-state index contributed by atoms with van der Waals surface area (Å²) in [6, 6.07) is 15.7. The lowest BCUT2D eigenvalue weighted by molar-refractivity contribution is -0.116. The van der Waals surface area contributed by atoms with Gasteiger partial charge in [0.15, 0.2) is 0 Å². The van der Waals surface area contributed by atoms with Crippen molar-refractivity contribution in [3.63, 3.8) is 0 Å². The van der Waals surface area contributed by atoms with Gasteiger partial charge in [-0.2, -0.15) is 5.26 Å². The third-order valence-corrected chi connectivity index (χ3v) is 4.76. The molecule has 144 valence electrons. The molecule has 1 amide bonds. The van der Waals surface area contributed by atoms with Crippen molar-refractivity contribution in [3.05, 3.63) is 71.6 Å². The lowest BCUT2D eigenvalue weighted by atomic mass is 10.1. The molecule has 1 aliphatic rings. The predicted molar refractivity (Wildman–Crippen MR) is 108 cm³/mol. The summed E-state index contributed by atoms with van der Waals surface area (Å²) in [6.45, 7) is 4.99. The average molecular weight is 378 g/mol. The summed E-state index contributed by atoms with van der Waals surface area (Å²) in [5, 5.41) is 11.7. The highest BCUT2D eigenvalue weighted by Crippen LogP contribution is 2.16. The monoisotopic (exact) mass is 378 g/mol. The molecule has 0 bridgehead atoms. The SMILES string of the molecule is N#Cc1ccc(C=CC(=O)NCCN2CCN(c3ccc(F)cc3)CC2)cc1. The normalized spacial score (nSPS) is 14.8. The molecule has 0 radical (unpaired) electrons. The smallest absolute Gasteiger partial charge is 0.244 e. The van der Waals surface area contributed by atoms with Gasteiger partial charge in [-0.05, 0) is 48.0 Å². The van der Waals surface area contributed by atoms with Gasteiger partial charge in [-0.1, -0.05) is 12.1 Å². The van der Waals surface area contributed by atoms with Gasteiger partial charge < -0.3 is 10.2 Å². The number of nitrogens with zero attached hydrogens (tertiary/aromatic N) is 3. The number of benzene rings is 2. The average Bonchev–Trinajstić information content (AvgIpc) is 2.74. The van der Waals surface area contributed by atoms with Gasteiger partial charge in [-0.25, -0.2) is 4.39 Å². The Labute approximate surface area is 164 Å². The van der Waals surface area contributed by atoms with Crippen LogP contribution in [-0.4, -0.2) is 50.1 Å². The zero-order valence-electron chi connectivity index (χ0n) is 15.6. The molecule has 28 heavy (non-hydrogen) atoms. The Morgan fingerprint density at radius 1 is 1.07 bits per heavy atom. The van der Waals surface area contributed by atoms with E-state index < -0.39 is 0 Å². The summed E-state index contributed by atoms with van der Waals surface area (Å²) < 4.78 is 13.0. The Bertz CT molecular complexity index is 848. The third-order valence-electron chi connectivity index (χ3n) is 4.76. The molecule has 0 unspecified atom stereocenters. The summed E-state index contributed by atoms with van der Waals surface area (Å²) in [6.07, 6.45) is 3.24. The minimum absolute atomic E-state index is 0.130. The topological polar surface area (TPSA) is 59.4 Å². The Balaban J connectivity index is 1.36. The van der Waals surface area contributed by atoms with E-state index in [1.165, 1.54) is 18.2 Å². The van der Waals surface area contributed by atoms with Crippen LogP contribution in [0.1, 0.15) is 11.1 Å². The number of hydrogen-bond acceptors (Lipinski definition) is 4. The second-order valence-electron chi connectivity index (χ2n) is 6.66. The van der Waals surface area contributed by atoms with Crippen molar-refractivity contribution in [2.24, 2.45) is 0 Å². The lowest BCUT2D eigenvalue weighted by Gasteiger charge is -2.36. The molecule has 1 fully saturated rings. The first kappa shape index (κ1) is 19.6. The predicted octanol–water partition coefficient (Wildman–Crippen LogP) is 2.65. The van der Waals surface area contributed by atoms with Crippen LogP contribution in [0.4, 0.5) is 10.1 Å². The second-order valence-corrected chi connectivity index (χ2v) is 6.66. The van der Waals surface area contributed by atoms with Crippen LogP contribution in [0.25, 0.3) is 6.08 Å². The molecule has 0 atom stereocenters. The Kier molecular flexibility index (Phi) is 6.77. The fraction of sp³-hybridized carbons (Fsp3) is 0.273. The minimum atomic E-state index is -0.216. The van der Waals surface area contributed by atoms with E-state index in [4.69, 9.17) is 5.26 Å². The number of carbonyl (C=O) groups excluding carboxylic acids is 1. The van der Waals surface area contributed by atoms with E-state index in [2.05, 4.69) is 21.2 Å². The molecule has 1 N–H and O–H groups in total. The Morgan fingerprint density at radius 2 is 1.75 bits per heavy atom. The van der Waals surface area contributed by atoms with E-state index in [9.17, 15) is 9.18 Å². The van der Waals surface area contributed by atoms with Crippen molar-refractivity contribution < 1.29 is 9.18 Å². The van der Waals surface area contributed by atoms with E-state index in [1.54, 1.807) is 18.2 Å². The number of amides is 1. The van der Waals surface area contributed by atoms with Gasteiger partial charge in [0.25, 0.3) is 0 Å². The van der Waals surface area contributed by atoms with Crippen LogP contribution < -0.4 is 10.2 Å². The largest absolute Gasteiger partial charge is 0.369 e. The number of carbonyl (C=O) groups is 1. The van der Waals surface area contributed by atoms with Crippen LogP contribution in [0.5, 0.6) is 0 Å². The van der Waals surface area contributed by atoms with Gasteiger partial charge in [0, 0.05) is 51.0 Å². The Hall–Kier alpha value is -3.17. The van der Waals surface area contributed by atoms with Gasteiger partial charge in [0.05, 0.1) is 11.6 Å². The van der Waals surface area contributed by atoms with E-state index in [1.807, 2.05) is 24.3 Å². The standard InChI is InChI=1S/C22H23FN4O/c23-20-6-8-21(9-7-20)27-15-13-26(14-16-27)12-11-25-22(28)10-5-18-1-3-19(17-24)4-2-18/h1-10H,11-16H2,(H,25,28). The zero-order valence-corrected chi connectivity index (χ0v) is 15.6. The first-order valence-corrected chi connectivity index (χ1v) is 9.33. The maximum Gasteiger partial charge on any atom is 0.244 e. The highest BCUT2D eigenvalue weighted by atomic mass is 19.1. The molecule has 0 aliphatic carbocycles. The quantitative estimate of drug-likeness (QED) is 0.785. The number of nitriles is 1. The van der Waals surface area contributed by atoms with Crippen LogP contribution >= 0.6 is 0 Å². The molecule has 6 heteroatoms. The summed E-state index contributed by atoms with van der Waals surface area (Å²) in [5.74, 6) is -0.347.